The van der Waals surface area contributed by atoms with Crippen molar-refractivity contribution in [2.75, 3.05) is 12.4 Å². The second-order valence-corrected chi connectivity index (χ2v) is 4.98. The van der Waals surface area contributed by atoms with Crippen LogP contribution >= 0.6 is 15.9 Å². The normalized spacial score (nSPS) is 10.2. The van der Waals surface area contributed by atoms with Crippen molar-refractivity contribution in [2.45, 2.75) is 13.5 Å². The maximum Gasteiger partial charge on any atom is 0.142 e. The molecule has 0 atom stereocenters. The summed E-state index contributed by atoms with van der Waals surface area (Å²) in [5.41, 5.74) is 3.28. The fourth-order valence-electron chi connectivity index (χ4n) is 1.73. The molecule has 1 aromatic heterocycles. The third-order valence-corrected chi connectivity index (χ3v) is 3.07. The number of halogens is 1. The van der Waals surface area contributed by atoms with Gasteiger partial charge in [-0.3, -0.25) is 4.98 Å². The Morgan fingerprint density at radius 1 is 1.28 bits per heavy atom. The number of benzene rings is 1. The van der Waals surface area contributed by atoms with Gasteiger partial charge in [0, 0.05) is 23.4 Å². The molecule has 0 aliphatic heterocycles. The van der Waals surface area contributed by atoms with Crippen LogP contribution in [0.2, 0.25) is 0 Å². The molecular weight excluding hydrogens is 292 g/mol. The molecule has 1 aromatic carbocycles. The Balaban J connectivity index is 2.12. The fourth-order valence-corrected chi connectivity index (χ4v) is 2.09. The zero-order valence-electron chi connectivity index (χ0n) is 10.4. The lowest BCUT2D eigenvalue weighted by molar-refractivity contribution is 0.416. The molecular formula is C14H15BrN2O. The van der Waals surface area contributed by atoms with E-state index in [1.54, 1.807) is 7.11 Å². The molecule has 1 N–H and O–H groups in total. The lowest BCUT2D eigenvalue weighted by atomic mass is 10.2. The zero-order chi connectivity index (χ0) is 13.0. The molecule has 2 rings (SSSR count). The number of methoxy groups -OCH3 is 1. The summed E-state index contributed by atoms with van der Waals surface area (Å²) in [6.45, 7) is 2.76. The third-order valence-electron chi connectivity index (χ3n) is 2.58. The standard InChI is InChI=1S/C14H15BrN2O/c1-10-5-11(8-16-7-10)9-17-13-6-12(15)3-4-14(13)18-2/h3-8,17H,9H2,1-2H3. The van der Waals surface area contributed by atoms with E-state index in [1.165, 1.54) is 0 Å². The van der Waals surface area contributed by atoms with E-state index in [0.717, 1.165) is 33.6 Å². The fraction of sp³-hybridized carbons (Fsp3) is 0.214. The van der Waals surface area contributed by atoms with Crippen molar-refractivity contribution in [2.24, 2.45) is 0 Å². The average molecular weight is 307 g/mol. The SMILES string of the molecule is COc1ccc(Br)cc1NCc1cncc(C)c1. The molecule has 0 amide bonds. The van der Waals surface area contributed by atoms with Crippen molar-refractivity contribution in [1.29, 1.82) is 0 Å². The van der Waals surface area contributed by atoms with Crippen molar-refractivity contribution >= 4 is 21.6 Å². The molecule has 0 aliphatic carbocycles. The lowest BCUT2D eigenvalue weighted by Gasteiger charge is -2.11. The molecule has 0 unspecified atom stereocenters. The molecule has 0 radical (unpaired) electrons. The number of nitrogens with one attached hydrogen (secondary N) is 1. The van der Waals surface area contributed by atoms with Crippen molar-refractivity contribution in [3.05, 3.63) is 52.3 Å². The highest BCUT2D eigenvalue weighted by molar-refractivity contribution is 9.10. The van der Waals surface area contributed by atoms with E-state index in [2.05, 4.69) is 32.3 Å². The van der Waals surface area contributed by atoms with E-state index in [-0.39, 0.29) is 0 Å². The predicted molar refractivity (Wildman–Crippen MR) is 77.0 cm³/mol. The second kappa shape index (κ2) is 5.87. The van der Waals surface area contributed by atoms with Gasteiger partial charge in [0.15, 0.2) is 0 Å². The summed E-state index contributed by atoms with van der Waals surface area (Å²) in [5.74, 6) is 0.832. The summed E-state index contributed by atoms with van der Waals surface area (Å²) in [6, 6.07) is 8.01. The molecule has 0 saturated heterocycles. The van der Waals surface area contributed by atoms with E-state index >= 15 is 0 Å². The minimum absolute atomic E-state index is 0.724. The monoisotopic (exact) mass is 306 g/mol. The van der Waals surface area contributed by atoms with E-state index in [4.69, 9.17) is 4.74 Å². The van der Waals surface area contributed by atoms with Crippen LogP contribution < -0.4 is 10.1 Å². The first-order valence-corrected chi connectivity index (χ1v) is 6.46. The molecule has 0 aliphatic rings. The van der Waals surface area contributed by atoms with Crippen LogP contribution in [-0.4, -0.2) is 12.1 Å². The minimum Gasteiger partial charge on any atom is -0.495 e. The predicted octanol–water partition coefficient (Wildman–Crippen LogP) is 3.77. The van der Waals surface area contributed by atoms with Crippen LogP contribution in [0.4, 0.5) is 5.69 Å². The topological polar surface area (TPSA) is 34.1 Å². The Labute approximate surface area is 115 Å². The number of anilines is 1. The Hall–Kier alpha value is -1.55. The van der Waals surface area contributed by atoms with Gasteiger partial charge in [-0.15, -0.1) is 0 Å². The summed E-state index contributed by atoms with van der Waals surface area (Å²) in [5, 5.41) is 3.35. The van der Waals surface area contributed by atoms with Crippen molar-refractivity contribution < 1.29 is 4.74 Å². The highest BCUT2D eigenvalue weighted by atomic mass is 79.9. The second-order valence-electron chi connectivity index (χ2n) is 4.07. The zero-order valence-corrected chi connectivity index (χ0v) is 12.0. The van der Waals surface area contributed by atoms with E-state index in [1.807, 2.05) is 37.5 Å². The molecule has 0 fully saturated rings. The summed E-state index contributed by atoms with van der Waals surface area (Å²) in [4.78, 5) is 4.18. The van der Waals surface area contributed by atoms with Crippen molar-refractivity contribution in [1.82, 2.24) is 4.98 Å². The number of pyridine rings is 1. The minimum atomic E-state index is 0.724. The van der Waals surface area contributed by atoms with Crippen LogP contribution in [0, 0.1) is 6.92 Å². The molecule has 0 saturated carbocycles. The van der Waals surface area contributed by atoms with Crippen molar-refractivity contribution in [3.8, 4) is 5.75 Å². The maximum atomic E-state index is 5.31. The summed E-state index contributed by atoms with van der Waals surface area (Å²) >= 11 is 3.46. The Kier molecular flexibility index (Phi) is 4.20. The Morgan fingerprint density at radius 3 is 2.83 bits per heavy atom. The molecule has 94 valence electrons. The molecule has 3 nitrogen and oxygen atoms in total. The van der Waals surface area contributed by atoms with E-state index in [0.29, 0.717) is 0 Å². The van der Waals surface area contributed by atoms with Gasteiger partial charge < -0.3 is 10.1 Å². The third kappa shape index (κ3) is 3.23. The number of hydrogen-bond acceptors (Lipinski definition) is 3. The van der Waals surface area contributed by atoms with E-state index in [9.17, 15) is 0 Å². The van der Waals surface area contributed by atoms with Gasteiger partial charge >= 0.3 is 0 Å². The number of aromatic nitrogens is 1. The van der Waals surface area contributed by atoms with Gasteiger partial charge in [0.2, 0.25) is 0 Å². The summed E-state index contributed by atoms with van der Waals surface area (Å²) in [6.07, 6.45) is 3.72. The lowest BCUT2D eigenvalue weighted by Crippen LogP contribution is -2.02. The summed E-state index contributed by atoms with van der Waals surface area (Å²) in [7, 11) is 1.67. The van der Waals surface area contributed by atoms with Crippen LogP contribution in [-0.2, 0) is 6.54 Å². The van der Waals surface area contributed by atoms with Gasteiger partial charge in [0.25, 0.3) is 0 Å². The molecule has 18 heavy (non-hydrogen) atoms. The van der Waals surface area contributed by atoms with Crippen molar-refractivity contribution in [3.63, 3.8) is 0 Å². The molecule has 0 spiro atoms. The average Bonchev–Trinajstić information content (AvgIpc) is 2.37. The van der Waals surface area contributed by atoms with Gasteiger partial charge in [0.1, 0.15) is 5.75 Å². The molecule has 4 heteroatoms. The first-order valence-electron chi connectivity index (χ1n) is 5.67. The van der Waals surface area contributed by atoms with Gasteiger partial charge in [-0.1, -0.05) is 22.0 Å². The largest absolute Gasteiger partial charge is 0.495 e. The molecule has 0 bridgehead atoms. The van der Waals surface area contributed by atoms with Crippen LogP contribution in [0.5, 0.6) is 5.75 Å². The number of nitrogens with zero attached hydrogens (tertiary/aromatic N) is 1. The smallest absolute Gasteiger partial charge is 0.142 e. The van der Waals surface area contributed by atoms with Crippen LogP contribution in [0.15, 0.2) is 41.1 Å². The number of aryl methyl sites for hydroxylation is 1. The molecule has 1 heterocycles. The Bertz CT molecular complexity index is 543. The first-order chi connectivity index (χ1) is 8.69. The quantitative estimate of drug-likeness (QED) is 0.933. The van der Waals surface area contributed by atoms with Gasteiger partial charge in [-0.25, -0.2) is 0 Å². The maximum absolute atomic E-state index is 5.31. The first kappa shape index (κ1) is 12.9. The highest BCUT2D eigenvalue weighted by Gasteiger charge is 2.03. The summed E-state index contributed by atoms with van der Waals surface area (Å²) < 4.78 is 6.33. The molecule has 2 aromatic rings. The van der Waals surface area contributed by atoms with Crippen LogP contribution in [0.3, 0.4) is 0 Å². The van der Waals surface area contributed by atoms with E-state index < -0.39 is 0 Å². The van der Waals surface area contributed by atoms with Gasteiger partial charge in [-0.05, 0) is 36.2 Å². The van der Waals surface area contributed by atoms with Crippen LogP contribution in [0.25, 0.3) is 0 Å². The van der Waals surface area contributed by atoms with Crippen LogP contribution in [0.1, 0.15) is 11.1 Å². The number of ether oxygens (including phenoxy) is 1. The number of rotatable bonds is 4. The number of hydrogen-bond donors (Lipinski definition) is 1. The van der Waals surface area contributed by atoms with Gasteiger partial charge in [-0.2, -0.15) is 0 Å². The van der Waals surface area contributed by atoms with Gasteiger partial charge in [0.05, 0.1) is 12.8 Å². The highest BCUT2D eigenvalue weighted by Crippen LogP contribution is 2.28. The Morgan fingerprint density at radius 2 is 2.11 bits per heavy atom.